The molecule has 0 spiro atoms. The number of nitrogens with one attached hydrogen (secondary N) is 1. The number of hydrogen-bond acceptors (Lipinski definition) is 4. The van der Waals surface area contributed by atoms with Gasteiger partial charge in [-0.2, -0.15) is 0 Å². The predicted molar refractivity (Wildman–Crippen MR) is 70.7 cm³/mol. The molecule has 0 aliphatic rings. The largest absolute Gasteiger partial charge is 0.372 e. The van der Waals surface area contributed by atoms with Crippen LogP contribution in [0.4, 0.5) is 11.6 Å². The first kappa shape index (κ1) is 11.7. The summed E-state index contributed by atoms with van der Waals surface area (Å²) >= 11 is 0. The van der Waals surface area contributed by atoms with Gasteiger partial charge in [0.25, 0.3) is 0 Å². The van der Waals surface area contributed by atoms with Gasteiger partial charge < -0.3 is 14.6 Å². The molecule has 0 saturated carbocycles. The molecule has 5 heteroatoms. The van der Waals surface area contributed by atoms with E-state index in [0.717, 1.165) is 23.8 Å². The van der Waals surface area contributed by atoms with Crippen molar-refractivity contribution in [3.63, 3.8) is 0 Å². The van der Waals surface area contributed by atoms with Crippen molar-refractivity contribution in [1.82, 2.24) is 14.4 Å². The van der Waals surface area contributed by atoms with Crippen molar-refractivity contribution >= 4 is 17.3 Å². The highest BCUT2D eigenvalue weighted by Gasteiger charge is 2.15. The maximum absolute atomic E-state index is 4.62. The van der Waals surface area contributed by atoms with E-state index in [9.17, 15) is 0 Å². The van der Waals surface area contributed by atoms with Crippen molar-refractivity contribution in [3.05, 3.63) is 18.6 Å². The Morgan fingerprint density at radius 2 is 2.24 bits per heavy atom. The minimum absolute atomic E-state index is 0.403. The molecule has 0 amide bonds. The zero-order valence-electron chi connectivity index (χ0n) is 10.8. The van der Waals surface area contributed by atoms with Gasteiger partial charge in [0.15, 0.2) is 11.5 Å². The van der Waals surface area contributed by atoms with Crippen molar-refractivity contribution in [1.29, 1.82) is 0 Å². The van der Waals surface area contributed by atoms with Crippen LogP contribution in [0.15, 0.2) is 18.6 Å². The smallest absolute Gasteiger partial charge is 0.180 e. The van der Waals surface area contributed by atoms with Crippen molar-refractivity contribution < 1.29 is 0 Å². The number of nitrogens with zero attached hydrogens (tertiary/aromatic N) is 4. The highest BCUT2D eigenvalue weighted by molar-refractivity contribution is 5.67. The van der Waals surface area contributed by atoms with E-state index in [2.05, 4.69) is 41.0 Å². The summed E-state index contributed by atoms with van der Waals surface area (Å²) in [5.74, 6) is 1.78. The van der Waals surface area contributed by atoms with Gasteiger partial charge in [0, 0.05) is 32.0 Å². The number of anilines is 2. The molecule has 5 nitrogen and oxygen atoms in total. The molecule has 0 aliphatic carbocycles. The third-order valence-corrected chi connectivity index (χ3v) is 2.85. The van der Waals surface area contributed by atoms with Gasteiger partial charge in [-0.1, -0.05) is 0 Å². The summed E-state index contributed by atoms with van der Waals surface area (Å²) in [6, 6.07) is 0.403. The first-order chi connectivity index (χ1) is 8.17. The van der Waals surface area contributed by atoms with Crippen LogP contribution < -0.4 is 10.2 Å². The van der Waals surface area contributed by atoms with Crippen LogP contribution >= 0.6 is 0 Å². The summed E-state index contributed by atoms with van der Waals surface area (Å²) in [6.45, 7) is 7.38. The van der Waals surface area contributed by atoms with Crippen LogP contribution in [0.3, 0.4) is 0 Å². The zero-order valence-corrected chi connectivity index (χ0v) is 10.8. The third-order valence-electron chi connectivity index (χ3n) is 2.85. The van der Waals surface area contributed by atoms with Gasteiger partial charge in [-0.15, -0.1) is 0 Å². The molecule has 2 aromatic heterocycles. The predicted octanol–water partition coefficient (Wildman–Crippen LogP) is 2.01. The van der Waals surface area contributed by atoms with Gasteiger partial charge in [0.1, 0.15) is 5.82 Å². The lowest BCUT2D eigenvalue weighted by atomic mass is 10.3. The topological polar surface area (TPSA) is 45.5 Å². The lowest BCUT2D eigenvalue weighted by molar-refractivity contribution is 0.694. The average Bonchev–Trinajstić information content (AvgIpc) is 2.77. The van der Waals surface area contributed by atoms with Crippen molar-refractivity contribution in [2.24, 2.45) is 0 Å². The average molecular weight is 233 g/mol. The summed E-state index contributed by atoms with van der Waals surface area (Å²) in [5, 5.41) is 3.08. The molecule has 0 aliphatic heterocycles. The molecular weight excluding hydrogens is 214 g/mol. The fourth-order valence-electron chi connectivity index (χ4n) is 1.99. The minimum atomic E-state index is 0.403. The van der Waals surface area contributed by atoms with Gasteiger partial charge >= 0.3 is 0 Å². The quantitative estimate of drug-likeness (QED) is 0.877. The zero-order chi connectivity index (χ0) is 12.4. The molecule has 17 heavy (non-hydrogen) atoms. The summed E-state index contributed by atoms with van der Waals surface area (Å²) in [4.78, 5) is 11.2. The van der Waals surface area contributed by atoms with E-state index in [4.69, 9.17) is 0 Å². The Kier molecular flexibility index (Phi) is 3.17. The van der Waals surface area contributed by atoms with Gasteiger partial charge in [-0.3, -0.25) is 0 Å². The molecule has 0 atom stereocenters. The Morgan fingerprint density at radius 1 is 1.47 bits per heavy atom. The highest BCUT2D eigenvalue weighted by atomic mass is 15.2. The van der Waals surface area contributed by atoms with Crippen LogP contribution in [0.5, 0.6) is 0 Å². The summed E-state index contributed by atoms with van der Waals surface area (Å²) < 4.78 is 2.00. The molecule has 2 heterocycles. The second-order valence-corrected chi connectivity index (χ2v) is 4.24. The normalized spacial score (nSPS) is 11.1. The van der Waals surface area contributed by atoms with Gasteiger partial charge in [-0.25, -0.2) is 9.97 Å². The Bertz CT molecular complexity index is 503. The lowest BCUT2D eigenvalue weighted by Gasteiger charge is -2.26. The fourth-order valence-corrected chi connectivity index (χ4v) is 1.99. The fraction of sp³-hybridized carbons (Fsp3) is 0.500. The molecular formula is C12H19N5. The SMILES string of the molecule is CCN(c1nc(NC)cn2ccnc12)C(C)C. The highest BCUT2D eigenvalue weighted by Crippen LogP contribution is 2.22. The molecule has 1 N–H and O–H groups in total. The first-order valence-corrected chi connectivity index (χ1v) is 5.95. The van der Waals surface area contributed by atoms with Crippen molar-refractivity contribution in [3.8, 4) is 0 Å². The van der Waals surface area contributed by atoms with Crippen molar-refractivity contribution in [2.75, 3.05) is 23.8 Å². The van der Waals surface area contributed by atoms with E-state index >= 15 is 0 Å². The standard InChI is InChI=1S/C12H19N5/c1-5-17(9(2)3)12-11-14-6-7-16(11)8-10(13-4)15-12/h6-9,13H,5H2,1-4H3. The molecule has 0 aromatic carbocycles. The third kappa shape index (κ3) is 2.05. The minimum Gasteiger partial charge on any atom is -0.372 e. The molecule has 0 saturated heterocycles. The van der Waals surface area contributed by atoms with E-state index < -0.39 is 0 Å². The van der Waals surface area contributed by atoms with E-state index in [0.29, 0.717) is 6.04 Å². The molecule has 0 unspecified atom stereocenters. The Morgan fingerprint density at radius 3 is 2.82 bits per heavy atom. The molecule has 0 radical (unpaired) electrons. The van der Waals surface area contributed by atoms with Crippen molar-refractivity contribution in [2.45, 2.75) is 26.8 Å². The maximum Gasteiger partial charge on any atom is 0.180 e. The second-order valence-electron chi connectivity index (χ2n) is 4.24. The Hall–Kier alpha value is -1.78. The number of imidazole rings is 1. The van der Waals surface area contributed by atoms with E-state index in [-0.39, 0.29) is 0 Å². The van der Waals surface area contributed by atoms with Gasteiger partial charge in [0.2, 0.25) is 0 Å². The monoisotopic (exact) mass is 233 g/mol. The van der Waals surface area contributed by atoms with Gasteiger partial charge in [0.05, 0.1) is 6.20 Å². The Labute approximate surface area is 101 Å². The van der Waals surface area contributed by atoms with Crippen LogP contribution in [-0.4, -0.2) is 34.0 Å². The maximum atomic E-state index is 4.62. The molecule has 2 aromatic rings. The van der Waals surface area contributed by atoms with Gasteiger partial charge in [-0.05, 0) is 20.8 Å². The summed E-state index contributed by atoms with van der Waals surface area (Å²) in [6.07, 6.45) is 5.68. The summed E-state index contributed by atoms with van der Waals surface area (Å²) in [7, 11) is 1.88. The van der Waals surface area contributed by atoms with Crippen LogP contribution in [0, 0.1) is 0 Å². The van der Waals surface area contributed by atoms with E-state index in [1.54, 1.807) is 6.20 Å². The number of hydrogen-bond donors (Lipinski definition) is 1. The molecule has 0 bridgehead atoms. The molecule has 2 rings (SSSR count). The molecule has 0 fully saturated rings. The Balaban J connectivity index is 2.60. The number of fused-ring (bicyclic) bond motifs is 1. The first-order valence-electron chi connectivity index (χ1n) is 5.95. The summed E-state index contributed by atoms with van der Waals surface area (Å²) in [5.41, 5.74) is 0.902. The van der Waals surface area contributed by atoms with Crippen LogP contribution in [0.1, 0.15) is 20.8 Å². The number of aromatic nitrogens is 3. The second kappa shape index (κ2) is 4.61. The van der Waals surface area contributed by atoms with E-state index in [1.165, 1.54) is 0 Å². The van der Waals surface area contributed by atoms with Crippen LogP contribution in [-0.2, 0) is 0 Å². The van der Waals surface area contributed by atoms with Crippen LogP contribution in [0.25, 0.3) is 5.65 Å². The van der Waals surface area contributed by atoms with Crippen LogP contribution in [0.2, 0.25) is 0 Å². The lowest BCUT2D eigenvalue weighted by Crippen LogP contribution is -2.31. The number of rotatable bonds is 4. The van der Waals surface area contributed by atoms with E-state index in [1.807, 2.05) is 23.8 Å². The molecule has 92 valence electrons.